The molecule has 2 N–H and O–H groups in total. The fourth-order valence-electron chi connectivity index (χ4n) is 1.95. The summed E-state index contributed by atoms with van der Waals surface area (Å²) in [4.78, 5) is 10.6. The second-order valence-electron chi connectivity index (χ2n) is 4.84. The van der Waals surface area contributed by atoms with Crippen LogP contribution in [-0.4, -0.2) is 24.7 Å². The number of methoxy groups -OCH3 is 1. The van der Waals surface area contributed by atoms with Gasteiger partial charge < -0.3 is 15.2 Å². The van der Waals surface area contributed by atoms with E-state index >= 15 is 0 Å². The highest BCUT2D eigenvalue weighted by Crippen LogP contribution is 2.51. The number of rotatable bonds is 5. The van der Waals surface area contributed by atoms with Gasteiger partial charge in [0.05, 0.1) is 12.8 Å². The van der Waals surface area contributed by atoms with E-state index in [0.717, 1.165) is 18.4 Å². The molecule has 18 heavy (non-hydrogen) atoms. The number of carboxylic acids is 1. The van der Waals surface area contributed by atoms with Gasteiger partial charge in [-0.05, 0) is 29.9 Å². The molecule has 0 unspecified atom stereocenters. The smallest absolute Gasteiger partial charge is 0.322 e. The maximum Gasteiger partial charge on any atom is 0.322 e. The van der Waals surface area contributed by atoms with Crippen LogP contribution in [0.5, 0.6) is 5.75 Å². The van der Waals surface area contributed by atoms with Gasteiger partial charge in [-0.2, -0.15) is 0 Å². The summed E-state index contributed by atoms with van der Waals surface area (Å²) in [7, 11) is 1.54. The number of carbonyl (C=O) groups is 1. The van der Waals surface area contributed by atoms with Crippen molar-refractivity contribution < 1.29 is 14.6 Å². The van der Waals surface area contributed by atoms with Crippen LogP contribution in [0.4, 0.5) is 5.69 Å². The molecule has 0 saturated heterocycles. The van der Waals surface area contributed by atoms with Gasteiger partial charge in [0.2, 0.25) is 0 Å². The molecule has 0 aromatic heterocycles. The first kappa shape index (κ1) is 13.0. The zero-order valence-corrected chi connectivity index (χ0v) is 11.2. The fourth-order valence-corrected chi connectivity index (χ4v) is 2.33. The second-order valence-corrected chi connectivity index (χ2v) is 5.25. The van der Waals surface area contributed by atoms with Crippen molar-refractivity contribution in [2.45, 2.75) is 25.2 Å². The molecule has 1 aliphatic rings. The van der Waals surface area contributed by atoms with Crippen LogP contribution in [0, 0.1) is 0 Å². The second kappa shape index (κ2) is 4.69. The lowest BCUT2D eigenvalue weighted by Gasteiger charge is -2.17. The normalized spacial score (nSPS) is 16.2. The Bertz CT molecular complexity index is 483. The number of halogens is 1. The Hall–Kier alpha value is -1.42. The molecule has 4 nitrogen and oxygen atoms in total. The Labute approximate surface area is 111 Å². The molecule has 0 radical (unpaired) electrons. The summed E-state index contributed by atoms with van der Waals surface area (Å²) in [5.74, 6) is -0.347. The molecule has 1 aromatic rings. The van der Waals surface area contributed by atoms with Gasteiger partial charge in [0.1, 0.15) is 12.3 Å². The monoisotopic (exact) mass is 269 g/mol. The van der Waals surface area contributed by atoms with Gasteiger partial charge in [0.15, 0.2) is 0 Å². The molecular weight excluding hydrogens is 254 g/mol. The standard InChI is InChI=1S/C13H16ClNO3/c1-13(3-4-13)8-5-10(15-7-12(16)17)11(18-2)6-9(8)14/h5-6,15H,3-4,7H2,1-2H3,(H,16,17). The fraction of sp³-hybridized carbons (Fsp3) is 0.462. The quantitative estimate of drug-likeness (QED) is 0.863. The molecule has 1 saturated carbocycles. The minimum absolute atomic E-state index is 0.128. The third-order valence-corrected chi connectivity index (χ3v) is 3.68. The Kier molecular flexibility index (Phi) is 3.39. The van der Waals surface area contributed by atoms with Crippen LogP contribution >= 0.6 is 11.6 Å². The van der Waals surface area contributed by atoms with Gasteiger partial charge in [-0.25, -0.2) is 0 Å². The third kappa shape index (κ3) is 2.53. The van der Waals surface area contributed by atoms with Crippen LogP contribution in [0.1, 0.15) is 25.3 Å². The van der Waals surface area contributed by atoms with Crippen molar-refractivity contribution in [3.8, 4) is 5.75 Å². The number of aliphatic carboxylic acids is 1. The van der Waals surface area contributed by atoms with E-state index in [4.69, 9.17) is 21.4 Å². The van der Waals surface area contributed by atoms with Gasteiger partial charge in [-0.1, -0.05) is 18.5 Å². The number of hydrogen-bond donors (Lipinski definition) is 2. The van der Waals surface area contributed by atoms with Crippen molar-refractivity contribution in [2.75, 3.05) is 19.0 Å². The van der Waals surface area contributed by atoms with E-state index < -0.39 is 5.97 Å². The van der Waals surface area contributed by atoms with Crippen molar-refractivity contribution in [3.63, 3.8) is 0 Å². The average Bonchev–Trinajstić information content (AvgIpc) is 3.05. The minimum atomic E-state index is -0.911. The zero-order chi connectivity index (χ0) is 13.3. The number of benzene rings is 1. The average molecular weight is 270 g/mol. The summed E-state index contributed by atoms with van der Waals surface area (Å²) < 4.78 is 5.21. The molecule has 5 heteroatoms. The predicted molar refractivity (Wildman–Crippen MR) is 70.7 cm³/mol. The lowest BCUT2D eigenvalue weighted by Crippen LogP contribution is -2.14. The van der Waals surface area contributed by atoms with Gasteiger partial charge in [-0.15, -0.1) is 0 Å². The van der Waals surface area contributed by atoms with Gasteiger partial charge in [-0.3, -0.25) is 4.79 Å². The summed E-state index contributed by atoms with van der Waals surface area (Å²) >= 11 is 6.24. The van der Waals surface area contributed by atoms with Crippen molar-refractivity contribution >= 4 is 23.3 Å². The van der Waals surface area contributed by atoms with Crippen molar-refractivity contribution in [3.05, 3.63) is 22.7 Å². The molecular formula is C13H16ClNO3. The number of carboxylic acid groups (broad SMARTS) is 1. The van der Waals surface area contributed by atoms with E-state index in [1.54, 1.807) is 6.07 Å². The first-order chi connectivity index (χ1) is 8.46. The molecule has 1 aromatic carbocycles. The van der Waals surface area contributed by atoms with Crippen molar-refractivity contribution in [1.29, 1.82) is 0 Å². The first-order valence-corrected chi connectivity index (χ1v) is 6.18. The van der Waals surface area contributed by atoms with Crippen LogP contribution < -0.4 is 10.1 Å². The Morgan fingerprint density at radius 1 is 1.56 bits per heavy atom. The summed E-state index contributed by atoms with van der Waals surface area (Å²) in [5, 5.41) is 12.2. The van der Waals surface area contributed by atoms with Crippen LogP contribution in [0.2, 0.25) is 5.02 Å². The zero-order valence-electron chi connectivity index (χ0n) is 10.4. The van der Waals surface area contributed by atoms with Crippen molar-refractivity contribution in [2.24, 2.45) is 0 Å². The van der Waals surface area contributed by atoms with Gasteiger partial charge in [0.25, 0.3) is 0 Å². The van der Waals surface area contributed by atoms with E-state index in [2.05, 4.69) is 12.2 Å². The van der Waals surface area contributed by atoms with Crippen LogP contribution in [-0.2, 0) is 10.2 Å². The first-order valence-electron chi connectivity index (χ1n) is 5.80. The molecule has 2 rings (SSSR count). The molecule has 0 amide bonds. The molecule has 0 bridgehead atoms. The lowest BCUT2D eigenvalue weighted by molar-refractivity contribution is -0.134. The molecule has 0 heterocycles. The molecule has 0 aliphatic heterocycles. The van der Waals surface area contributed by atoms with Gasteiger partial charge in [0, 0.05) is 11.1 Å². The molecule has 1 aliphatic carbocycles. The lowest BCUT2D eigenvalue weighted by atomic mass is 9.97. The van der Waals surface area contributed by atoms with E-state index in [1.165, 1.54) is 7.11 Å². The summed E-state index contributed by atoms with van der Waals surface area (Å²) in [6, 6.07) is 3.64. The highest BCUT2D eigenvalue weighted by Gasteiger charge is 2.41. The minimum Gasteiger partial charge on any atom is -0.495 e. The van der Waals surface area contributed by atoms with Crippen LogP contribution in [0.25, 0.3) is 0 Å². The van der Waals surface area contributed by atoms with Crippen molar-refractivity contribution in [1.82, 2.24) is 0 Å². The van der Waals surface area contributed by atoms with Crippen LogP contribution in [0.15, 0.2) is 12.1 Å². The van der Waals surface area contributed by atoms with E-state index in [0.29, 0.717) is 16.5 Å². The van der Waals surface area contributed by atoms with Gasteiger partial charge >= 0.3 is 5.97 Å². The summed E-state index contributed by atoms with van der Waals surface area (Å²) in [6.07, 6.45) is 2.22. The number of ether oxygens (including phenoxy) is 1. The molecule has 0 spiro atoms. The Morgan fingerprint density at radius 2 is 2.22 bits per heavy atom. The van der Waals surface area contributed by atoms with Crippen LogP contribution in [0.3, 0.4) is 0 Å². The highest BCUT2D eigenvalue weighted by molar-refractivity contribution is 6.31. The summed E-state index contributed by atoms with van der Waals surface area (Å²) in [6.45, 7) is 2.01. The topological polar surface area (TPSA) is 58.6 Å². The molecule has 98 valence electrons. The number of hydrogen-bond acceptors (Lipinski definition) is 3. The SMILES string of the molecule is COc1cc(Cl)c(C2(C)CC2)cc1NCC(=O)O. The van der Waals surface area contributed by atoms with E-state index in [1.807, 2.05) is 6.07 Å². The largest absolute Gasteiger partial charge is 0.495 e. The summed E-state index contributed by atoms with van der Waals surface area (Å²) in [5.41, 5.74) is 1.86. The Balaban J connectivity index is 2.33. The number of nitrogens with one attached hydrogen (secondary N) is 1. The maximum absolute atomic E-state index is 10.6. The predicted octanol–water partition coefficient (Wildman–Crippen LogP) is 2.90. The molecule has 1 fully saturated rings. The highest BCUT2D eigenvalue weighted by atomic mass is 35.5. The van der Waals surface area contributed by atoms with E-state index in [9.17, 15) is 4.79 Å². The molecule has 0 atom stereocenters. The number of anilines is 1. The Morgan fingerprint density at radius 3 is 2.72 bits per heavy atom. The maximum atomic E-state index is 10.6. The van der Waals surface area contributed by atoms with E-state index in [-0.39, 0.29) is 12.0 Å². The third-order valence-electron chi connectivity index (χ3n) is 3.37.